The van der Waals surface area contributed by atoms with E-state index in [0.717, 1.165) is 0 Å². The molecular formula is C13H14O8. The van der Waals surface area contributed by atoms with Gasteiger partial charge in [0.25, 0.3) is 0 Å². The largest absolute Gasteiger partial charge is 0.478 e. The summed E-state index contributed by atoms with van der Waals surface area (Å²) in [6.45, 7) is 3.03. The number of rotatable bonds is 4. The molecule has 0 aliphatic rings. The van der Waals surface area contributed by atoms with Crippen molar-refractivity contribution >= 4 is 23.9 Å². The Kier molecular flexibility index (Phi) is 10.4. The zero-order valence-corrected chi connectivity index (χ0v) is 11.3. The van der Waals surface area contributed by atoms with Gasteiger partial charge in [-0.25, -0.2) is 19.2 Å². The monoisotopic (exact) mass is 298 g/mol. The molecule has 0 amide bonds. The molecular weight excluding hydrogens is 284 g/mol. The predicted octanol–water partition coefficient (Wildman–Crippen LogP) is 0.597. The average molecular weight is 298 g/mol. The maximum atomic E-state index is 10.6. The van der Waals surface area contributed by atoms with E-state index in [-0.39, 0.29) is 17.6 Å². The lowest BCUT2D eigenvalue weighted by Gasteiger charge is -2.00. The summed E-state index contributed by atoms with van der Waals surface area (Å²) in [4.78, 5) is 40.0. The number of aliphatic carboxylic acids is 4. The Morgan fingerprint density at radius 2 is 1.33 bits per heavy atom. The fourth-order valence-corrected chi connectivity index (χ4v) is 0.873. The van der Waals surface area contributed by atoms with Gasteiger partial charge < -0.3 is 20.4 Å². The topological polar surface area (TPSA) is 149 Å². The van der Waals surface area contributed by atoms with Crippen LogP contribution in [0, 0.1) is 11.8 Å². The molecule has 4 N–H and O–H groups in total. The van der Waals surface area contributed by atoms with E-state index in [0.29, 0.717) is 0 Å². The Hall–Kier alpha value is -3.08. The summed E-state index contributed by atoms with van der Waals surface area (Å²) in [6, 6.07) is 0. The Morgan fingerprint density at radius 1 is 0.905 bits per heavy atom. The van der Waals surface area contributed by atoms with Crippen LogP contribution in [-0.2, 0) is 19.2 Å². The molecule has 0 unspecified atom stereocenters. The summed E-state index contributed by atoms with van der Waals surface area (Å²) < 4.78 is 0. The van der Waals surface area contributed by atoms with Crippen molar-refractivity contribution in [2.24, 2.45) is 0 Å². The second-order valence-electron chi connectivity index (χ2n) is 3.35. The summed E-state index contributed by atoms with van der Waals surface area (Å²) in [6.07, 6.45) is 3.43. The molecule has 114 valence electrons. The molecule has 0 saturated carbocycles. The van der Waals surface area contributed by atoms with E-state index in [1.165, 1.54) is 18.8 Å². The Morgan fingerprint density at radius 3 is 1.57 bits per heavy atom. The van der Waals surface area contributed by atoms with E-state index in [1.54, 1.807) is 19.1 Å². The van der Waals surface area contributed by atoms with Crippen molar-refractivity contribution in [2.75, 3.05) is 0 Å². The lowest BCUT2D eigenvalue weighted by atomic mass is 10.1. The SMILES string of the molecule is CC=CCC(C(=O)O)=C(C)C(=O)O.O=C(O)C#CC(=O)O. The molecule has 0 atom stereocenters. The van der Waals surface area contributed by atoms with Crippen LogP contribution < -0.4 is 0 Å². The number of carboxylic acid groups (broad SMARTS) is 4. The molecule has 0 aromatic rings. The first-order valence-electron chi connectivity index (χ1n) is 5.38. The number of allylic oxidation sites excluding steroid dienone is 2. The summed E-state index contributed by atoms with van der Waals surface area (Å²) in [5, 5.41) is 32.7. The molecule has 8 heteroatoms. The van der Waals surface area contributed by atoms with Crippen molar-refractivity contribution in [1.82, 2.24) is 0 Å². The molecule has 0 bridgehead atoms. The first kappa shape index (κ1) is 20.2. The molecule has 0 saturated heterocycles. The summed E-state index contributed by atoms with van der Waals surface area (Å²) in [5.74, 6) is -2.43. The fraction of sp³-hybridized carbons (Fsp3) is 0.231. The minimum absolute atomic E-state index is 0.0781. The van der Waals surface area contributed by atoms with Gasteiger partial charge in [-0.05, 0) is 20.3 Å². The average Bonchev–Trinajstić information content (AvgIpc) is 2.36. The first-order chi connectivity index (χ1) is 9.63. The van der Waals surface area contributed by atoms with Gasteiger partial charge in [-0.1, -0.05) is 12.2 Å². The summed E-state index contributed by atoms with van der Waals surface area (Å²) in [5.41, 5.74) is -0.198. The third kappa shape index (κ3) is 11.7. The highest BCUT2D eigenvalue weighted by molar-refractivity contribution is 5.98. The molecule has 0 aliphatic heterocycles. The van der Waals surface area contributed by atoms with Gasteiger partial charge in [-0.15, -0.1) is 0 Å². The molecule has 0 aromatic heterocycles. The normalized spacial score (nSPS) is 10.4. The van der Waals surface area contributed by atoms with Crippen LogP contribution in [0.5, 0.6) is 0 Å². The zero-order chi connectivity index (χ0) is 17.0. The molecule has 8 nitrogen and oxygen atoms in total. The van der Waals surface area contributed by atoms with Gasteiger partial charge in [0, 0.05) is 17.4 Å². The highest BCUT2D eigenvalue weighted by atomic mass is 16.4. The quantitative estimate of drug-likeness (QED) is 0.335. The van der Waals surface area contributed by atoms with Crippen LogP contribution in [0.1, 0.15) is 20.3 Å². The van der Waals surface area contributed by atoms with Crippen LogP contribution in [0.4, 0.5) is 0 Å². The van der Waals surface area contributed by atoms with E-state index in [2.05, 4.69) is 0 Å². The van der Waals surface area contributed by atoms with Crippen LogP contribution in [0.2, 0.25) is 0 Å². The van der Waals surface area contributed by atoms with Gasteiger partial charge in [0.1, 0.15) is 0 Å². The third-order valence-corrected chi connectivity index (χ3v) is 1.87. The Bertz CT molecular complexity index is 524. The van der Waals surface area contributed by atoms with Crippen molar-refractivity contribution in [1.29, 1.82) is 0 Å². The van der Waals surface area contributed by atoms with Crippen LogP contribution in [-0.4, -0.2) is 44.3 Å². The predicted molar refractivity (Wildman–Crippen MR) is 70.5 cm³/mol. The van der Waals surface area contributed by atoms with Gasteiger partial charge in [-0.2, -0.15) is 0 Å². The van der Waals surface area contributed by atoms with Gasteiger partial charge >= 0.3 is 23.9 Å². The van der Waals surface area contributed by atoms with E-state index in [9.17, 15) is 19.2 Å². The molecule has 0 radical (unpaired) electrons. The lowest BCUT2D eigenvalue weighted by molar-refractivity contribution is -0.135. The first-order valence-corrected chi connectivity index (χ1v) is 5.38. The molecule has 0 aromatic carbocycles. The highest BCUT2D eigenvalue weighted by Crippen LogP contribution is 2.10. The van der Waals surface area contributed by atoms with Crippen LogP contribution >= 0.6 is 0 Å². The maximum Gasteiger partial charge on any atom is 0.382 e. The molecule has 0 spiro atoms. The van der Waals surface area contributed by atoms with E-state index in [1.807, 2.05) is 0 Å². The zero-order valence-electron chi connectivity index (χ0n) is 11.3. The minimum atomic E-state index is -1.44. The molecule has 0 heterocycles. The van der Waals surface area contributed by atoms with Crippen molar-refractivity contribution in [2.45, 2.75) is 20.3 Å². The number of carboxylic acids is 4. The maximum absolute atomic E-state index is 10.6. The molecule has 0 rings (SSSR count). The Balaban J connectivity index is 0. The van der Waals surface area contributed by atoms with Crippen molar-refractivity contribution in [3.8, 4) is 11.8 Å². The number of carbonyl (C=O) groups is 4. The molecule has 21 heavy (non-hydrogen) atoms. The van der Waals surface area contributed by atoms with Gasteiger partial charge in [0.05, 0.1) is 5.57 Å². The molecule has 0 fully saturated rings. The third-order valence-electron chi connectivity index (χ3n) is 1.87. The van der Waals surface area contributed by atoms with Gasteiger partial charge in [-0.3, -0.25) is 0 Å². The van der Waals surface area contributed by atoms with Crippen molar-refractivity contribution in [3.05, 3.63) is 23.3 Å². The van der Waals surface area contributed by atoms with Crippen molar-refractivity contribution in [3.63, 3.8) is 0 Å². The number of hydrogen-bond donors (Lipinski definition) is 4. The smallest absolute Gasteiger partial charge is 0.382 e. The molecule has 0 aliphatic carbocycles. The second kappa shape index (κ2) is 10.8. The van der Waals surface area contributed by atoms with Crippen LogP contribution in [0.25, 0.3) is 0 Å². The second-order valence-corrected chi connectivity index (χ2v) is 3.35. The van der Waals surface area contributed by atoms with Crippen LogP contribution in [0.15, 0.2) is 23.3 Å². The van der Waals surface area contributed by atoms with Crippen molar-refractivity contribution < 1.29 is 39.6 Å². The summed E-state index contributed by atoms with van der Waals surface area (Å²) in [7, 11) is 0. The lowest BCUT2D eigenvalue weighted by Crippen LogP contribution is -2.08. The minimum Gasteiger partial charge on any atom is -0.478 e. The van der Waals surface area contributed by atoms with E-state index >= 15 is 0 Å². The summed E-state index contributed by atoms with van der Waals surface area (Å²) >= 11 is 0. The fourth-order valence-electron chi connectivity index (χ4n) is 0.873. The Labute approximate surface area is 120 Å². The highest BCUT2D eigenvalue weighted by Gasteiger charge is 2.14. The standard InChI is InChI=1S/C9H12O4.C4H2O4/c1-3-4-5-7(9(12)13)6(2)8(10)11;5-3(6)1-2-4(7)8/h3-4H,5H2,1-2H3,(H,10,11)(H,12,13);(H,5,6)(H,7,8). The van der Waals surface area contributed by atoms with E-state index in [4.69, 9.17) is 20.4 Å². The van der Waals surface area contributed by atoms with Crippen LogP contribution in [0.3, 0.4) is 0 Å². The van der Waals surface area contributed by atoms with Gasteiger partial charge in [0.15, 0.2) is 0 Å². The van der Waals surface area contributed by atoms with Gasteiger partial charge in [0.2, 0.25) is 0 Å². The number of hydrogen-bond acceptors (Lipinski definition) is 4. The van der Waals surface area contributed by atoms with E-state index < -0.39 is 23.9 Å².